The number of hydrogen-bond donors (Lipinski definition) is 0. The predicted molar refractivity (Wildman–Crippen MR) is 205 cm³/mol. The average Bonchev–Trinajstić information content (AvgIpc) is 3.03. The van der Waals surface area contributed by atoms with Crippen LogP contribution in [0.1, 0.15) is 195 Å². The Kier molecular flexibility index (Phi) is 43.6. The molecule has 0 aromatic heterocycles. The summed E-state index contributed by atoms with van der Waals surface area (Å²) in [6, 6.07) is 0. The van der Waals surface area contributed by atoms with Crippen LogP contribution in [-0.4, -0.2) is 76.9 Å². The van der Waals surface area contributed by atoms with Crippen molar-refractivity contribution < 1.29 is 34.3 Å². The summed E-state index contributed by atoms with van der Waals surface area (Å²) in [5.41, 5.74) is 0. The monoisotopic (exact) mass is 762 g/mol. The molecule has 0 saturated carbocycles. The fourth-order valence-corrected chi connectivity index (χ4v) is 6.15. The van der Waals surface area contributed by atoms with Gasteiger partial charge in [0.15, 0.2) is 0 Å². The molecule has 49 heavy (non-hydrogen) atoms. The average molecular weight is 763 g/mol. The molecule has 0 amide bonds. The predicted octanol–water partition coefficient (Wildman–Crippen LogP) is 11.1. The summed E-state index contributed by atoms with van der Waals surface area (Å²) in [7, 11) is -9.18. The summed E-state index contributed by atoms with van der Waals surface area (Å²) in [4.78, 5) is 0. The molecular formula is C38H74CaO8S2. The van der Waals surface area contributed by atoms with Crippen molar-refractivity contribution in [2.75, 3.05) is 13.2 Å². The van der Waals surface area contributed by atoms with Crippen molar-refractivity contribution in [2.45, 2.75) is 195 Å². The van der Waals surface area contributed by atoms with E-state index in [0.29, 0.717) is 0 Å². The molecule has 11 heteroatoms. The van der Waals surface area contributed by atoms with Crippen LogP contribution < -0.4 is 0 Å². The zero-order valence-corrected chi connectivity index (χ0v) is 35.9. The van der Waals surface area contributed by atoms with Crippen LogP contribution in [0.15, 0.2) is 24.3 Å². The van der Waals surface area contributed by atoms with Crippen molar-refractivity contribution in [1.82, 2.24) is 0 Å². The van der Waals surface area contributed by atoms with Crippen LogP contribution in [0.3, 0.4) is 0 Å². The van der Waals surface area contributed by atoms with Crippen molar-refractivity contribution in [1.29, 1.82) is 0 Å². The Hall–Kier alpha value is 0.480. The smallest absolute Gasteiger partial charge is 0.726 e. The molecule has 288 valence electrons. The van der Waals surface area contributed by atoms with Gasteiger partial charge in [0.05, 0.1) is 13.2 Å². The molecule has 0 fully saturated rings. The molecule has 0 aromatic rings. The van der Waals surface area contributed by atoms with E-state index < -0.39 is 20.8 Å². The molecule has 0 saturated heterocycles. The molecule has 0 aromatic carbocycles. The van der Waals surface area contributed by atoms with Gasteiger partial charge in [-0.1, -0.05) is 193 Å². The van der Waals surface area contributed by atoms with E-state index in [4.69, 9.17) is 0 Å². The Morgan fingerprint density at radius 1 is 0.449 bits per heavy atom. The summed E-state index contributed by atoms with van der Waals surface area (Å²) in [6.45, 7) is 8.70. The molecule has 0 aliphatic rings. The van der Waals surface area contributed by atoms with Crippen LogP contribution in [0.5, 0.6) is 0 Å². The largest absolute Gasteiger partial charge is 2.00 e. The van der Waals surface area contributed by atoms with E-state index in [1.807, 2.05) is 12.2 Å². The normalized spacial score (nSPS) is 13.3. The third-order valence-electron chi connectivity index (χ3n) is 8.48. The van der Waals surface area contributed by atoms with E-state index in [0.717, 1.165) is 77.0 Å². The first-order chi connectivity index (χ1) is 23.0. The number of unbranched alkanes of at least 4 members (excludes halogenated alkanes) is 20. The maximum absolute atomic E-state index is 10.6. The van der Waals surface area contributed by atoms with Crippen LogP contribution in [0.4, 0.5) is 0 Å². The number of allylic oxidation sites excluding steroid dienone is 2. The van der Waals surface area contributed by atoms with Gasteiger partial charge in [0, 0.05) is 11.8 Å². The van der Waals surface area contributed by atoms with Gasteiger partial charge < -0.3 is 9.11 Å². The second kappa shape index (κ2) is 39.7. The number of hydrogen-bond acceptors (Lipinski definition) is 8. The van der Waals surface area contributed by atoms with Crippen molar-refractivity contribution in [2.24, 2.45) is 11.8 Å². The standard InChI is InChI=1S/2C19H38O4S.Ca/c2*1-3-5-7-9-10-11-12-13-15-17-19(16-14-8-6-4-2)18-23-24(20,21)22;/h2*14,16,19H,3-13,15,17-18H2,1-2H3,(H,20,21,22);/q;;+2/p-2/b2*16-14+;. The molecule has 0 aliphatic heterocycles. The zero-order valence-electron chi connectivity index (χ0n) is 32.1. The molecular weight excluding hydrogens is 689 g/mol. The quantitative estimate of drug-likeness (QED) is 0.0208. The molecule has 0 radical (unpaired) electrons. The third-order valence-corrected chi connectivity index (χ3v) is 9.32. The zero-order chi connectivity index (χ0) is 36.2. The Morgan fingerprint density at radius 2 is 0.714 bits per heavy atom. The molecule has 2 unspecified atom stereocenters. The maximum Gasteiger partial charge on any atom is 2.00 e. The van der Waals surface area contributed by atoms with Gasteiger partial charge in [-0.15, -0.1) is 0 Å². The van der Waals surface area contributed by atoms with Crippen molar-refractivity contribution in [3.63, 3.8) is 0 Å². The number of rotatable bonds is 34. The Labute approximate surface area is 334 Å². The molecule has 0 heterocycles. The van der Waals surface area contributed by atoms with Gasteiger partial charge in [-0.2, -0.15) is 0 Å². The molecule has 0 bridgehead atoms. The van der Waals surface area contributed by atoms with Gasteiger partial charge in [0.25, 0.3) is 0 Å². The van der Waals surface area contributed by atoms with E-state index in [-0.39, 0.29) is 62.8 Å². The van der Waals surface area contributed by atoms with E-state index in [1.54, 1.807) is 0 Å². The van der Waals surface area contributed by atoms with E-state index >= 15 is 0 Å². The Morgan fingerprint density at radius 3 is 0.980 bits per heavy atom. The summed E-state index contributed by atoms with van der Waals surface area (Å²) in [5, 5.41) is 0. The Bertz CT molecular complexity index is 863. The van der Waals surface area contributed by atoms with Crippen LogP contribution in [0.2, 0.25) is 0 Å². The van der Waals surface area contributed by atoms with Gasteiger partial charge in [-0.3, -0.25) is 8.37 Å². The van der Waals surface area contributed by atoms with Gasteiger partial charge in [0.1, 0.15) is 0 Å². The minimum atomic E-state index is -4.59. The van der Waals surface area contributed by atoms with E-state index in [2.05, 4.69) is 48.2 Å². The third kappa shape index (κ3) is 48.5. The molecule has 0 rings (SSSR count). The molecule has 2 atom stereocenters. The van der Waals surface area contributed by atoms with Crippen LogP contribution in [-0.2, 0) is 29.2 Å². The van der Waals surface area contributed by atoms with Crippen LogP contribution in [0, 0.1) is 11.8 Å². The first-order valence-corrected chi connectivity index (χ1v) is 22.2. The SMILES string of the molecule is CCCC/C=C/C(CCCCCCCCCCC)COS(=O)(=O)[O-].CCCC/C=C/C(CCCCCCCCCCC)COS(=O)(=O)[O-].[Ca+2]. The van der Waals surface area contributed by atoms with Gasteiger partial charge in [0.2, 0.25) is 20.8 Å². The van der Waals surface area contributed by atoms with Gasteiger partial charge in [-0.05, 0) is 25.7 Å². The second-order valence-corrected chi connectivity index (χ2v) is 15.4. The first-order valence-electron chi connectivity index (χ1n) is 19.5. The maximum atomic E-state index is 10.6. The molecule has 8 nitrogen and oxygen atoms in total. The minimum absolute atomic E-state index is 0. The minimum Gasteiger partial charge on any atom is -0.726 e. The molecule has 0 aliphatic carbocycles. The summed E-state index contributed by atoms with van der Waals surface area (Å²) >= 11 is 0. The van der Waals surface area contributed by atoms with E-state index in [9.17, 15) is 25.9 Å². The van der Waals surface area contributed by atoms with Crippen molar-refractivity contribution in [3.05, 3.63) is 24.3 Å². The van der Waals surface area contributed by atoms with Gasteiger partial charge in [-0.25, -0.2) is 16.8 Å². The van der Waals surface area contributed by atoms with E-state index in [1.165, 1.54) is 89.9 Å². The molecule has 0 spiro atoms. The summed E-state index contributed by atoms with van der Waals surface area (Å²) < 4.78 is 72.7. The Balaban J connectivity index is -0.000000846. The fraction of sp³-hybridized carbons (Fsp3) is 0.895. The van der Waals surface area contributed by atoms with Crippen molar-refractivity contribution in [3.8, 4) is 0 Å². The van der Waals surface area contributed by atoms with Crippen LogP contribution in [0.25, 0.3) is 0 Å². The van der Waals surface area contributed by atoms with Crippen molar-refractivity contribution >= 4 is 58.5 Å². The van der Waals surface area contributed by atoms with Crippen LogP contribution >= 0.6 is 0 Å². The summed E-state index contributed by atoms with van der Waals surface area (Å²) in [6.07, 6.45) is 39.2. The summed E-state index contributed by atoms with van der Waals surface area (Å²) in [5.74, 6) is 0.0465. The molecule has 0 N–H and O–H groups in total. The second-order valence-electron chi connectivity index (χ2n) is 13.3. The topological polar surface area (TPSA) is 133 Å². The van der Waals surface area contributed by atoms with Gasteiger partial charge >= 0.3 is 37.7 Å². The fourth-order valence-electron chi connectivity index (χ4n) is 5.47. The first kappa shape index (κ1) is 53.8.